The van der Waals surface area contributed by atoms with Gasteiger partial charge in [0.05, 0.1) is 0 Å². The molecule has 0 bridgehead atoms. The van der Waals surface area contributed by atoms with Gasteiger partial charge in [0.2, 0.25) is 0 Å². The highest BCUT2D eigenvalue weighted by atomic mass is 35.5. The lowest BCUT2D eigenvalue weighted by Crippen LogP contribution is -2.24. The van der Waals surface area contributed by atoms with Crippen molar-refractivity contribution in [3.63, 3.8) is 0 Å². The van der Waals surface area contributed by atoms with E-state index in [4.69, 9.17) is 16.6 Å². The van der Waals surface area contributed by atoms with Crippen molar-refractivity contribution in [2.24, 2.45) is 0 Å². The lowest BCUT2D eigenvalue weighted by atomic mass is 9.99. The van der Waals surface area contributed by atoms with Gasteiger partial charge in [-0.3, -0.25) is 0 Å². The molecule has 0 spiro atoms. The molecule has 0 fully saturated rings. The lowest BCUT2D eigenvalue weighted by Gasteiger charge is -2.27. The van der Waals surface area contributed by atoms with Crippen molar-refractivity contribution in [2.75, 3.05) is 18.5 Å². The van der Waals surface area contributed by atoms with Gasteiger partial charge in [-0.05, 0) is 55.9 Å². The van der Waals surface area contributed by atoms with Gasteiger partial charge in [-0.15, -0.1) is 0 Å². The van der Waals surface area contributed by atoms with Crippen LogP contribution in [0.25, 0.3) is 11.4 Å². The molecule has 0 amide bonds. The third-order valence-electron chi connectivity index (χ3n) is 4.57. The number of nitrogens with zero attached hydrogens (tertiary/aromatic N) is 3. The standard InChI is InChI=1S/C17H18ClN3/c1-21-9-3-4-11-10-12(7-8-15(11)21)17-19-14-6-2-5-13(14)16(18)20-17/h7-8,10H,2-6,9H2,1H3. The van der Waals surface area contributed by atoms with E-state index in [1.807, 2.05) is 0 Å². The molecule has 2 heterocycles. The van der Waals surface area contributed by atoms with Crippen molar-refractivity contribution >= 4 is 17.3 Å². The van der Waals surface area contributed by atoms with E-state index in [2.05, 4.69) is 35.1 Å². The number of halogens is 1. The molecule has 0 saturated heterocycles. The molecule has 1 aromatic carbocycles. The Morgan fingerprint density at radius 3 is 2.90 bits per heavy atom. The van der Waals surface area contributed by atoms with Gasteiger partial charge in [0, 0.05) is 36.1 Å². The Kier molecular flexibility index (Phi) is 3.11. The van der Waals surface area contributed by atoms with E-state index in [1.54, 1.807) is 0 Å². The fourth-order valence-corrected chi connectivity index (χ4v) is 3.72. The van der Waals surface area contributed by atoms with E-state index in [9.17, 15) is 0 Å². The first-order valence-corrected chi connectivity index (χ1v) is 8.00. The Bertz CT molecular complexity index is 711. The number of fused-ring (bicyclic) bond motifs is 2. The molecule has 1 aliphatic carbocycles. The van der Waals surface area contributed by atoms with Crippen molar-refractivity contribution in [3.8, 4) is 11.4 Å². The number of benzene rings is 1. The molecule has 4 heteroatoms. The highest BCUT2D eigenvalue weighted by Crippen LogP contribution is 2.32. The van der Waals surface area contributed by atoms with Gasteiger partial charge in [0.25, 0.3) is 0 Å². The van der Waals surface area contributed by atoms with Gasteiger partial charge in [0.1, 0.15) is 5.15 Å². The summed E-state index contributed by atoms with van der Waals surface area (Å²) < 4.78 is 0. The normalized spacial score (nSPS) is 16.8. The Hall–Kier alpha value is -1.61. The molecule has 3 nitrogen and oxygen atoms in total. The summed E-state index contributed by atoms with van der Waals surface area (Å²) in [5.41, 5.74) is 6.09. The van der Waals surface area contributed by atoms with Gasteiger partial charge in [-0.25, -0.2) is 9.97 Å². The van der Waals surface area contributed by atoms with Crippen LogP contribution in [0.15, 0.2) is 18.2 Å². The third kappa shape index (κ3) is 2.20. The van der Waals surface area contributed by atoms with Crippen LogP contribution in [-0.4, -0.2) is 23.6 Å². The Morgan fingerprint density at radius 2 is 2.00 bits per heavy atom. The van der Waals surface area contributed by atoms with Crippen LogP contribution >= 0.6 is 11.6 Å². The van der Waals surface area contributed by atoms with E-state index < -0.39 is 0 Å². The molecule has 4 rings (SSSR count). The van der Waals surface area contributed by atoms with Gasteiger partial charge in [-0.1, -0.05) is 11.6 Å². The summed E-state index contributed by atoms with van der Waals surface area (Å²) in [4.78, 5) is 11.6. The summed E-state index contributed by atoms with van der Waals surface area (Å²) in [6.45, 7) is 1.13. The maximum Gasteiger partial charge on any atom is 0.161 e. The van der Waals surface area contributed by atoms with Crippen LogP contribution in [0.2, 0.25) is 5.15 Å². The maximum atomic E-state index is 6.33. The minimum atomic E-state index is 0.641. The predicted molar refractivity (Wildman–Crippen MR) is 86.1 cm³/mol. The Labute approximate surface area is 130 Å². The number of hydrogen-bond acceptors (Lipinski definition) is 3. The first-order valence-electron chi connectivity index (χ1n) is 7.62. The second-order valence-electron chi connectivity index (χ2n) is 5.99. The molecule has 1 aliphatic heterocycles. The first kappa shape index (κ1) is 13.1. The first-order chi connectivity index (χ1) is 10.2. The SMILES string of the molecule is CN1CCCc2cc(-c3nc(Cl)c4c(n3)CCC4)ccc21. The summed E-state index contributed by atoms with van der Waals surface area (Å²) >= 11 is 6.33. The molecule has 0 radical (unpaired) electrons. The van der Waals surface area contributed by atoms with E-state index in [0.29, 0.717) is 5.15 Å². The van der Waals surface area contributed by atoms with Gasteiger partial charge in [-0.2, -0.15) is 0 Å². The number of aromatic nitrogens is 2. The lowest BCUT2D eigenvalue weighted by molar-refractivity contribution is 0.744. The molecular weight excluding hydrogens is 282 g/mol. The van der Waals surface area contributed by atoms with Crippen molar-refractivity contribution in [1.29, 1.82) is 0 Å². The molecule has 0 unspecified atom stereocenters. The maximum absolute atomic E-state index is 6.33. The van der Waals surface area contributed by atoms with Gasteiger partial charge < -0.3 is 4.90 Å². The number of rotatable bonds is 1. The predicted octanol–water partition coefficient (Wildman–Crippen LogP) is 3.67. The molecular formula is C17H18ClN3. The summed E-state index contributed by atoms with van der Waals surface area (Å²) in [7, 11) is 2.15. The van der Waals surface area contributed by atoms with E-state index in [1.165, 1.54) is 17.7 Å². The smallest absolute Gasteiger partial charge is 0.161 e. The average Bonchev–Trinajstić information content (AvgIpc) is 2.96. The molecule has 0 N–H and O–H groups in total. The van der Waals surface area contributed by atoms with E-state index >= 15 is 0 Å². The van der Waals surface area contributed by atoms with Crippen LogP contribution in [0.3, 0.4) is 0 Å². The van der Waals surface area contributed by atoms with Crippen molar-refractivity contribution in [2.45, 2.75) is 32.1 Å². The van der Waals surface area contributed by atoms with E-state index in [0.717, 1.165) is 54.9 Å². The molecule has 108 valence electrons. The largest absolute Gasteiger partial charge is 0.374 e. The van der Waals surface area contributed by atoms with Crippen molar-refractivity contribution in [1.82, 2.24) is 9.97 Å². The summed E-state index contributed by atoms with van der Waals surface area (Å²) in [6.07, 6.45) is 5.52. The fraction of sp³-hybridized carbons (Fsp3) is 0.412. The average molecular weight is 300 g/mol. The zero-order valence-electron chi connectivity index (χ0n) is 12.2. The second-order valence-corrected chi connectivity index (χ2v) is 6.34. The summed E-state index contributed by atoms with van der Waals surface area (Å²) in [5, 5.41) is 0.641. The number of anilines is 1. The van der Waals surface area contributed by atoms with Crippen LogP contribution in [0.5, 0.6) is 0 Å². The molecule has 21 heavy (non-hydrogen) atoms. The minimum Gasteiger partial charge on any atom is -0.374 e. The molecule has 2 aliphatic rings. The quantitative estimate of drug-likeness (QED) is 0.752. The summed E-state index contributed by atoms with van der Waals surface area (Å²) in [5.74, 6) is 0.775. The zero-order valence-corrected chi connectivity index (χ0v) is 13.0. The van der Waals surface area contributed by atoms with Crippen molar-refractivity contribution in [3.05, 3.63) is 40.2 Å². The number of aryl methyl sites for hydroxylation is 2. The van der Waals surface area contributed by atoms with Gasteiger partial charge >= 0.3 is 0 Å². The van der Waals surface area contributed by atoms with Gasteiger partial charge in [0.15, 0.2) is 5.82 Å². The topological polar surface area (TPSA) is 29.0 Å². The highest BCUT2D eigenvalue weighted by Gasteiger charge is 2.20. The molecule has 1 aromatic heterocycles. The fourth-order valence-electron chi connectivity index (χ4n) is 3.44. The Balaban J connectivity index is 1.79. The van der Waals surface area contributed by atoms with Crippen LogP contribution in [0.4, 0.5) is 5.69 Å². The molecule has 2 aromatic rings. The van der Waals surface area contributed by atoms with E-state index in [-0.39, 0.29) is 0 Å². The van der Waals surface area contributed by atoms with Crippen LogP contribution in [0.1, 0.15) is 29.7 Å². The zero-order chi connectivity index (χ0) is 14.4. The van der Waals surface area contributed by atoms with Crippen molar-refractivity contribution < 1.29 is 0 Å². The monoisotopic (exact) mass is 299 g/mol. The molecule has 0 saturated carbocycles. The minimum absolute atomic E-state index is 0.641. The third-order valence-corrected chi connectivity index (χ3v) is 4.88. The highest BCUT2D eigenvalue weighted by molar-refractivity contribution is 6.30. The summed E-state index contributed by atoms with van der Waals surface area (Å²) in [6, 6.07) is 6.54. The Morgan fingerprint density at radius 1 is 1.10 bits per heavy atom. The molecule has 0 atom stereocenters. The van der Waals surface area contributed by atoms with Crippen LogP contribution < -0.4 is 4.90 Å². The second kappa shape index (κ2) is 4.99. The van der Waals surface area contributed by atoms with Crippen LogP contribution in [-0.2, 0) is 19.3 Å². The number of hydrogen-bond donors (Lipinski definition) is 0. The van der Waals surface area contributed by atoms with Crippen LogP contribution in [0, 0.1) is 0 Å².